The van der Waals surface area contributed by atoms with Crippen molar-refractivity contribution in [3.63, 3.8) is 0 Å². The smallest absolute Gasteiger partial charge is 0.125 e. The molecule has 2 nitrogen and oxygen atoms in total. The van der Waals surface area contributed by atoms with E-state index in [9.17, 15) is 5.11 Å². The lowest BCUT2D eigenvalue weighted by Gasteiger charge is -2.15. The topological polar surface area (TPSA) is 29.5 Å². The third kappa shape index (κ3) is 2.94. The number of hydrogen-bond donors (Lipinski definition) is 1. The molecule has 0 saturated carbocycles. The van der Waals surface area contributed by atoms with Crippen LogP contribution in [-0.2, 0) is 0 Å². The molecule has 0 aliphatic rings. The Morgan fingerprint density at radius 1 is 1.33 bits per heavy atom. The van der Waals surface area contributed by atoms with E-state index < -0.39 is 6.10 Å². The SMILES string of the molecule is CCCOc1ccccc1C(O)c1sccc1Br. The third-order valence-corrected chi connectivity index (χ3v) is 4.49. The van der Waals surface area contributed by atoms with Crippen LogP contribution in [0.15, 0.2) is 40.2 Å². The van der Waals surface area contributed by atoms with E-state index in [0.717, 1.165) is 27.1 Å². The zero-order chi connectivity index (χ0) is 13.0. The zero-order valence-electron chi connectivity index (χ0n) is 10.1. The highest BCUT2D eigenvalue weighted by atomic mass is 79.9. The van der Waals surface area contributed by atoms with E-state index in [-0.39, 0.29) is 0 Å². The van der Waals surface area contributed by atoms with Crippen molar-refractivity contribution in [1.29, 1.82) is 0 Å². The van der Waals surface area contributed by atoms with Gasteiger partial charge in [-0.2, -0.15) is 0 Å². The first-order valence-corrected chi connectivity index (χ1v) is 7.54. The average Bonchev–Trinajstić information content (AvgIpc) is 2.82. The molecule has 0 amide bonds. The van der Waals surface area contributed by atoms with Gasteiger partial charge >= 0.3 is 0 Å². The van der Waals surface area contributed by atoms with E-state index in [1.165, 1.54) is 11.3 Å². The molecular formula is C14H15BrO2S. The maximum atomic E-state index is 10.4. The Balaban J connectivity index is 2.30. The normalized spacial score (nSPS) is 12.4. The maximum absolute atomic E-state index is 10.4. The molecule has 2 rings (SSSR count). The van der Waals surface area contributed by atoms with E-state index in [1.807, 2.05) is 35.7 Å². The van der Waals surface area contributed by atoms with Crippen LogP contribution in [0.1, 0.15) is 29.9 Å². The van der Waals surface area contributed by atoms with Gasteiger partial charge in [-0.05, 0) is 39.9 Å². The molecule has 4 heteroatoms. The van der Waals surface area contributed by atoms with Gasteiger partial charge in [-0.3, -0.25) is 0 Å². The molecule has 0 aliphatic carbocycles. The van der Waals surface area contributed by atoms with E-state index in [4.69, 9.17) is 4.74 Å². The Morgan fingerprint density at radius 2 is 2.11 bits per heavy atom. The molecule has 1 aromatic heterocycles. The molecule has 1 aromatic carbocycles. The van der Waals surface area contributed by atoms with Crippen LogP contribution in [-0.4, -0.2) is 11.7 Å². The molecule has 0 aliphatic heterocycles. The van der Waals surface area contributed by atoms with Crippen LogP contribution in [0.5, 0.6) is 5.75 Å². The van der Waals surface area contributed by atoms with Crippen LogP contribution in [0, 0.1) is 0 Å². The van der Waals surface area contributed by atoms with Gasteiger partial charge in [0.1, 0.15) is 11.9 Å². The molecule has 2 aromatic rings. The van der Waals surface area contributed by atoms with Crippen LogP contribution in [0.2, 0.25) is 0 Å². The highest BCUT2D eigenvalue weighted by Crippen LogP contribution is 2.36. The minimum absolute atomic E-state index is 0.646. The second-order valence-electron chi connectivity index (χ2n) is 3.92. The van der Waals surface area contributed by atoms with Crippen LogP contribution in [0.25, 0.3) is 0 Å². The average molecular weight is 327 g/mol. The van der Waals surface area contributed by atoms with Crippen molar-refractivity contribution < 1.29 is 9.84 Å². The monoisotopic (exact) mass is 326 g/mol. The van der Waals surface area contributed by atoms with Crippen LogP contribution in [0.4, 0.5) is 0 Å². The molecule has 96 valence electrons. The first kappa shape index (κ1) is 13.6. The summed E-state index contributed by atoms with van der Waals surface area (Å²) in [6.45, 7) is 2.73. The van der Waals surface area contributed by atoms with Gasteiger partial charge in [-0.15, -0.1) is 11.3 Å². The minimum atomic E-state index is -0.646. The van der Waals surface area contributed by atoms with Gasteiger partial charge in [0.2, 0.25) is 0 Å². The number of ether oxygens (including phenoxy) is 1. The lowest BCUT2D eigenvalue weighted by Crippen LogP contribution is -2.03. The molecule has 1 heterocycles. The van der Waals surface area contributed by atoms with Crippen molar-refractivity contribution in [2.45, 2.75) is 19.4 Å². The predicted octanol–water partition coefficient (Wildman–Crippen LogP) is 4.38. The van der Waals surface area contributed by atoms with E-state index in [2.05, 4.69) is 22.9 Å². The second-order valence-corrected chi connectivity index (χ2v) is 5.72. The Labute approximate surface area is 119 Å². The fraction of sp³-hybridized carbons (Fsp3) is 0.286. The third-order valence-electron chi connectivity index (χ3n) is 2.57. The molecule has 18 heavy (non-hydrogen) atoms. The molecule has 0 spiro atoms. The molecule has 0 bridgehead atoms. The first-order valence-electron chi connectivity index (χ1n) is 5.86. The number of benzene rings is 1. The molecule has 1 N–H and O–H groups in total. The summed E-state index contributed by atoms with van der Waals surface area (Å²) in [5.74, 6) is 0.757. The number of thiophene rings is 1. The Morgan fingerprint density at radius 3 is 2.78 bits per heavy atom. The van der Waals surface area contributed by atoms with Crippen molar-refractivity contribution in [2.24, 2.45) is 0 Å². The molecule has 1 atom stereocenters. The highest BCUT2D eigenvalue weighted by molar-refractivity contribution is 9.10. The Bertz CT molecular complexity index is 510. The summed E-state index contributed by atoms with van der Waals surface area (Å²) >= 11 is 4.98. The van der Waals surface area contributed by atoms with Crippen molar-refractivity contribution in [2.75, 3.05) is 6.61 Å². The largest absolute Gasteiger partial charge is 0.493 e. The quantitative estimate of drug-likeness (QED) is 0.883. The zero-order valence-corrected chi connectivity index (χ0v) is 12.5. The standard InChI is InChI=1S/C14H15BrO2S/c1-2-8-17-12-6-4-3-5-10(12)13(16)14-11(15)7-9-18-14/h3-7,9,13,16H,2,8H2,1H3. The summed E-state index contributed by atoms with van der Waals surface area (Å²) in [5.41, 5.74) is 0.814. The number of rotatable bonds is 5. The fourth-order valence-electron chi connectivity index (χ4n) is 1.69. The van der Waals surface area contributed by atoms with Gasteiger partial charge in [-0.25, -0.2) is 0 Å². The molecule has 1 unspecified atom stereocenters. The lowest BCUT2D eigenvalue weighted by molar-refractivity contribution is 0.213. The van der Waals surface area contributed by atoms with Gasteiger partial charge in [0.25, 0.3) is 0 Å². The minimum Gasteiger partial charge on any atom is -0.493 e. The molecule has 0 radical (unpaired) electrons. The first-order chi connectivity index (χ1) is 8.74. The number of aliphatic hydroxyl groups excluding tert-OH is 1. The number of halogens is 1. The van der Waals surface area contributed by atoms with Gasteiger partial charge in [0, 0.05) is 10.0 Å². The summed E-state index contributed by atoms with van der Waals surface area (Å²) in [6.07, 6.45) is 0.306. The fourth-order valence-corrected chi connectivity index (χ4v) is 3.28. The second kappa shape index (κ2) is 6.36. The van der Waals surface area contributed by atoms with Crippen molar-refractivity contribution in [3.8, 4) is 5.75 Å². The molecule has 0 fully saturated rings. The van der Waals surface area contributed by atoms with Gasteiger partial charge in [0.15, 0.2) is 0 Å². The number of hydrogen-bond acceptors (Lipinski definition) is 3. The molecule has 0 saturated heterocycles. The number of para-hydroxylation sites is 1. The highest BCUT2D eigenvalue weighted by Gasteiger charge is 2.18. The van der Waals surface area contributed by atoms with Crippen molar-refractivity contribution in [3.05, 3.63) is 50.6 Å². The summed E-state index contributed by atoms with van der Waals surface area (Å²) in [4.78, 5) is 0.905. The van der Waals surface area contributed by atoms with Crippen LogP contribution >= 0.6 is 27.3 Å². The number of aliphatic hydroxyl groups is 1. The summed E-state index contributed by atoms with van der Waals surface area (Å²) in [5, 5.41) is 12.4. The summed E-state index contributed by atoms with van der Waals surface area (Å²) in [6, 6.07) is 9.58. The van der Waals surface area contributed by atoms with Gasteiger partial charge in [-0.1, -0.05) is 25.1 Å². The Hall–Kier alpha value is -0.840. The lowest BCUT2D eigenvalue weighted by atomic mass is 10.1. The van der Waals surface area contributed by atoms with E-state index in [1.54, 1.807) is 0 Å². The predicted molar refractivity (Wildman–Crippen MR) is 78.3 cm³/mol. The van der Waals surface area contributed by atoms with E-state index >= 15 is 0 Å². The summed E-state index contributed by atoms with van der Waals surface area (Å²) in [7, 11) is 0. The van der Waals surface area contributed by atoms with E-state index in [0.29, 0.717) is 6.61 Å². The Kier molecular flexibility index (Phi) is 4.80. The van der Waals surface area contributed by atoms with Gasteiger partial charge < -0.3 is 9.84 Å². The van der Waals surface area contributed by atoms with Crippen LogP contribution < -0.4 is 4.74 Å². The van der Waals surface area contributed by atoms with Crippen molar-refractivity contribution in [1.82, 2.24) is 0 Å². The van der Waals surface area contributed by atoms with Gasteiger partial charge in [0.05, 0.1) is 11.5 Å². The van der Waals surface area contributed by atoms with Crippen LogP contribution in [0.3, 0.4) is 0 Å². The molecular weight excluding hydrogens is 312 g/mol. The van der Waals surface area contributed by atoms with Crippen molar-refractivity contribution >= 4 is 27.3 Å². The maximum Gasteiger partial charge on any atom is 0.125 e. The summed E-state index contributed by atoms with van der Waals surface area (Å²) < 4.78 is 6.61.